The van der Waals surface area contributed by atoms with E-state index in [4.69, 9.17) is 50.5 Å². The molecule has 0 aromatic heterocycles. The van der Waals surface area contributed by atoms with Gasteiger partial charge < -0.3 is 104 Å². The van der Waals surface area contributed by atoms with Gasteiger partial charge in [-0.3, -0.25) is 0 Å². The van der Waals surface area contributed by atoms with Crippen molar-refractivity contribution in [3.8, 4) is 0 Å². The molecule has 0 spiro atoms. The Bertz CT molecular complexity index is 1040. The third-order valence-corrected chi connectivity index (χ3v) is 24.9. The van der Waals surface area contributed by atoms with Crippen molar-refractivity contribution < 1.29 is 79.8 Å². The Morgan fingerprint density at radius 1 is 0.346 bits per heavy atom. The van der Waals surface area contributed by atoms with Gasteiger partial charge in [0, 0.05) is 73.1 Å². The predicted octanol–water partition coefficient (Wildman–Crippen LogP) is 10.9. The average molecular weight is 1450 g/mol. The molecule has 2 aromatic rings. The van der Waals surface area contributed by atoms with E-state index in [9.17, 15) is 0 Å². The maximum atomic E-state index is 5.42. The van der Waals surface area contributed by atoms with E-state index in [1.807, 2.05) is 0 Å². The van der Waals surface area contributed by atoms with Crippen LogP contribution in [0.4, 0.5) is 0 Å². The fourth-order valence-electron chi connectivity index (χ4n) is 4.17. The Kier molecular flexibility index (Phi) is 50.2. The van der Waals surface area contributed by atoms with Gasteiger partial charge in [0.15, 0.2) is 0 Å². The standard InChI is InChI=1S/2C10H15.2C8H20S2Si2.2Re.2Ru.4H2S/c2*1-6-7(2)9(4)10(5)8(6)3;2*1-11(2,3)7(9)8(10)12(4,5)6;;;;;;;;/h2*1-5H3;2*9-10H,1-6H3;;;;;4*1H2/q2*-1;;;;;2*+5;;;;/p-8. The molecule has 0 saturated heterocycles. The summed E-state index contributed by atoms with van der Waals surface area (Å²) < 4.78 is 4.49. The molecule has 4 radical (unpaired) electrons. The first-order valence-electron chi connectivity index (χ1n) is 15.8. The first-order valence-corrected chi connectivity index (χ1v) is 31.4. The van der Waals surface area contributed by atoms with Gasteiger partial charge in [-0.15, -0.1) is 0 Å². The number of hydrogen-bond donors (Lipinski definition) is 0. The molecule has 308 valence electrons. The van der Waals surface area contributed by atoms with Crippen molar-refractivity contribution in [2.75, 3.05) is 0 Å². The minimum absolute atomic E-state index is 0. The van der Waals surface area contributed by atoms with Gasteiger partial charge in [-0.25, -0.2) is 18.1 Å². The van der Waals surface area contributed by atoms with E-state index in [1.165, 1.54) is 55.6 Å². The molecule has 16 heteroatoms. The molecule has 0 unspecified atom stereocenters. The fourth-order valence-corrected chi connectivity index (χ4v) is 15.1. The molecule has 0 aliphatic rings. The van der Waals surface area contributed by atoms with Gasteiger partial charge in [0.2, 0.25) is 0 Å². The Morgan fingerprint density at radius 2 is 0.442 bits per heavy atom. The van der Waals surface area contributed by atoms with Crippen LogP contribution in [0.2, 0.25) is 78.6 Å². The van der Waals surface area contributed by atoms with Gasteiger partial charge in [-0.05, 0) is 0 Å². The predicted molar refractivity (Wildman–Crippen MR) is 263 cm³/mol. The molecule has 2 aromatic carbocycles. The molecule has 0 fully saturated rings. The summed E-state index contributed by atoms with van der Waals surface area (Å²) in [7, 11) is -5.23. The third kappa shape index (κ3) is 26.2. The summed E-state index contributed by atoms with van der Waals surface area (Å²) >= 11 is 21.7. The van der Waals surface area contributed by atoms with Crippen molar-refractivity contribution in [2.24, 2.45) is 0 Å². The first kappa shape index (κ1) is 80.0. The third-order valence-electron chi connectivity index (χ3n) is 8.76. The number of thiol groups is 4. The zero-order valence-electron chi connectivity index (χ0n) is 35.9. The summed E-state index contributed by atoms with van der Waals surface area (Å²) in [5, 5.41) is 0. The minimum Gasteiger partial charge on any atom is -0.813 e. The normalized spacial score (nSPS) is 11.3. The van der Waals surface area contributed by atoms with Crippen molar-refractivity contribution in [1.29, 1.82) is 0 Å². The molecule has 0 aliphatic carbocycles. The topological polar surface area (TPSA) is 0 Å². The average Bonchev–Trinajstić information content (AvgIpc) is 3.15. The van der Waals surface area contributed by atoms with Gasteiger partial charge in [0.25, 0.3) is 0 Å². The van der Waals surface area contributed by atoms with E-state index in [0.29, 0.717) is 0 Å². The maximum Gasteiger partial charge on any atom is 5.00 e. The summed E-state index contributed by atoms with van der Waals surface area (Å²) in [5.74, 6) is 0. The maximum absolute atomic E-state index is 5.42. The summed E-state index contributed by atoms with van der Waals surface area (Å²) in [6, 6.07) is 0. The van der Waals surface area contributed by atoms with Crippen molar-refractivity contribution in [2.45, 2.75) is 148 Å². The molecule has 0 bridgehead atoms. The van der Waals surface area contributed by atoms with Gasteiger partial charge in [-0.2, -0.15) is 55.6 Å². The molecule has 52 heavy (non-hydrogen) atoms. The second kappa shape index (κ2) is 32.6. The summed E-state index contributed by atoms with van der Waals surface area (Å²) in [5.41, 5.74) is 14.7. The molecule has 0 atom stereocenters. The van der Waals surface area contributed by atoms with Crippen molar-refractivity contribution in [1.82, 2.24) is 0 Å². The molecule has 0 heterocycles. The second-order valence-corrected chi connectivity index (χ2v) is 39.6. The SMILES string of the molecule is C[Si](C)(C)C([S-])=C([S-])[Si](C)(C)C.C[Si](C)(C)C([S-])=C([S-])[Si](C)(C)C.Cc1c(C)c(C)[c-](C)c1C.Cc1c(C)c(C)[c-](C)c1C.[Re].[Re].[Ru+5].[Ru+5].[SH-].[SH-].[SH-].[SH-]. The zero-order valence-corrected chi connectivity index (χ0v) is 55.6. The van der Waals surface area contributed by atoms with Crippen LogP contribution in [0.1, 0.15) is 55.6 Å². The van der Waals surface area contributed by atoms with E-state index in [1.54, 1.807) is 0 Å². The second-order valence-electron chi connectivity index (χ2n) is 16.6. The monoisotopic (exact) mass is 1450 g/mol. The smallest absolute Gasteiger partial charge is 0.813 e. The molecule has 0 saturated carbocycles. The van der Waals surface area contributed by atoms with Crippen LogP contribution >= 0.6 is 0 Å². The number of hydrogen-bond acceptors (Lipinski definition) is 8. The van der Waals surface area contributed by atoms with Crippen LogP contribution in [0, 0.1) is 69.2 Å². The van der Waals surface area contributed by atoms with Gasteiger partial charge >= 0.3 is 39.0 Å². The van der Waals surface area contributed by atoms with Gasteiger partial charge in [0.1, 0.15) is 0 Å². The van der Waals surface area contributed by atoms with Crippen molar-refractivity contribution in [3.05, 3.63) is 73.7 Å². The van der Waals surface area contributed by atoms with Crippen LogP contribution < -0.4 is 0 Å². The van der Waals surface area contributed by atoms with E-state index in [-0.39, 0.29) is 134 Å². The van der Waals surface area contributed by atoms with Gasteiger partial charge in [-0.1, -0.05) is 148 Å². The Morgan fingerprint density at radius 3 is 0.481 bits per heavy atom. The van der Waals surface area contributed by atoms with E-state index in [0.717, 1.165) is 18.1 Å². The van der Waals surface area contributed by atoms with Crippen LogP contribution in [0.3, 0.4) is 0 Å². The summed E-state index contributed by atoms with van der Waals surface area (Å²) in [6.45, 7) is 49.2. The number of rotatable bonds is 4. The Balaban J connectivity index is -0.0000000539. The Hall–Kier alpha value is 3.90. The molecule has 0 aliphatic heterocycles. The van der Waals surface area contributed by atoms with E-state index in [2.05, 4.69) is 148 Å². The molecule has 0 nitrogen and oxygen atoms in total. The van der Waals surface area contributed by atoms with Crippen LogP contribution in [0.5, 0.6) is 0 Å². The minimum atomic E-state index is -1.31. The van der Waals surface area contributed by atoms with Gasteiger partial charge in [0.05, 0.1) is 0 Å². The Labute approximate surface area is 432 Å². The van der Waals surface area contributed by atoms with Crippen LogP contribution in [0.25, 0.3) is 0 Å². The van der Waals surface area contributed by atoms with Crippen LogP contribution in [-0.2, 0) is 184 Å². The molecule has 0 amide bonds. The molecule has 2 rings (SSSR count). The largest absolute Gasteiger partial charge is 5.00 e. The zero-order chi connectivity index (χ0) is 36.1. The van der Waals surface area contributed by atoms with Crippen molar-refractivity contribution in [3.63, 3.8) is 0 Å². The van der Waals surface area contributed by atoms with Crippen molar-refractivity contribution >= 4 is 137 Å². The van der Waals surface area contributed by atoms with E-state index >= 15 is 0 Å². The fraction of sp³-hybridized carbons (Fsp3) is 0.611. The quantitative estimate of drug-likeness (QED) is 0.127. The van der Waals surface area contributed by atoms with Crippen LogP contribution in [-0.4, -0.2) is 32.3 Å². The summed E-state index contributed by atoms with van der Waals surface area (Å²) in [4.78, 5) is 0. The van der Waals surface area contributed by atoms with Crippen LogP contribution in [0.15, 0.2) is 18.1 Å². The molecular weight excluding hydrogens is 1380 g/mol. The van der Waals surface area contributed by atoms with E-state index < -0.39 is 32.3 Å². The molecular formula is C36H70Re2Ru2S8Si4. The first-order chi connectivity index (χ1) is 19.2. The molecule has 0 N–H and O–H groups in total. The summed E-state index contributed by atoms with van der Waals surface area (Å²) in [6.07, 6.45) is 0.